The van der Waals surface area contributed by atoms with Crippen LogP contribution in [0.5, 0.6) is 11.5 Å². The first-order valence-corrected chi connectivity index (χ1v) is 8.78. The molecule has 29 heavy (non-hydrogen) atoms. The van der Waals surface area contributed by atoms with E-state index in [1.54, 1.807) is 18.2 Å². The first-order valence-electron chi connectivity index (χ1n) is 8.78. The molecule has 7 nitrogen and oxygen atoms in total. The summed E-state index contributed by atoms with van der Waals surface area (Å²) in [7, 11) is 3.05. The van der Waals surface area contributed by atoms with Crippen molar-refractivity contribution in [3.8, 4) is 11.5 Å². The molecule has 1 aromatic heterocycles. The number of benzene rings is 2. The lowest BCUT2D eigenvalue weighted by molar-refractivity contribution is 0.100. The number of ether oxygens (including phenoxy) is 2. The van der Waals surface area contributed by atoms with E-state index < -0.39 is 11.7 Å². The smallest absolute Gasteiger partial charge is 0.252 e. The van der Waals surface area contributed by atoms with Gasteiger partial charge in [-0.05, 0) is 11.6 Å². The SMILES string of the molecule is COc1cc(Nc2nc(NCc3ccccc3)c(F)cc2C(N)=O)cc(OC)c1. The monoisotopic (exact) mass is 396 g/mol. The number of anilines is 3. The van der Waals surface area contributed by atoms with Gasteiger partial charge in [0.25, 0.3) is 5.91 Å². The molecule has 0 aliphatic carbocycles. The van der Waals surface area contributed by atoms with E-state index in [4.69, 9.17) is 15.2 Å². The molecular weight excluding hydrogens is 375 g/mol. The van der Waals surface area contributed by atoms with Crippen LogP contribution in [-0.4, -0.2) is 25.1 Å². The number of carbonyl (C=O) groups is 1. The summed E-state index contributed by atoms with van der Waals surface area (Å²) in [5.74, 6) is -0.290. The van der Waals surface area contributed by atoms with E-state index in [1.807, 2.05) is 30.3 Å². The van der Waals surface area contributed by atoms with Gasteiger partial charge in [0.2, 0.25) is 0 Å². The highest BCUT2D eigenvalue weighted by atomic mass is 19.1. The minimum absolute atomic E-state index is 0.00351. The van der Waals surface area contributed by atoms with Crippen LogP contribution in [0.3, 0.4) is 0 Å². The average Bonchev–Trinajstić information content (AvgIpc) is 2.74. The van der Waals surface area contributed by atoms with Gasteiger partial charge in [-0.25, -0.2) is 9.37 Å². The second-order valence-corrected chi connectivity index (χ2v) is 6.14. The first-order chi connectivity index (χ1) is 14.0. The average molecular weight is 396 g/mol. The number of rotatable bonds is 8. The molecule has 0 saturated heterocycles. The van der Waals surface area contributed by atoms with Gasteiger partial charge in [0, 0.05) is 30.4 Å². The van der Waals surface area contributed by atoms with Crippen LogP contribution < -0.4 is 25.8 Å². The van der Waals surface area contributed by atoms with E-state index >= 15 is 0 Å². The molecule has 0 radical (unpaired) electrons. The van der Waals surface area contributed by atoms with E-state index in [0.29, 0.717) is 23.7 Å². The van der Waals surface area contributed by atoms with E-state index in [1.165, 1.54) is 14.2 Å². The van der Waals surface area contributed by atoms with Crippen molar-refractivity contribution in [1.82, 2.24) is 4.98 Å². The molecule has 0 aliphatic rings. The van der Waals surface area contributed by atoms with Crippen molar-refractivity contribution in [2.24, 2.45) is 5.73 Å². The molecule has 0 atom stereocenters. The van der Waals surface area contributed by atoms with Crippen molar-refractivity contribution in [3.05, 3.63) is 71.5 Å². The topological polar surface area (TPSA) is 98.5 Å². The lowest BCUT2D eigenvalue weighted by atomic mass is 10.2. The Labute approximate surface area is 167 Å². The first kappa shape index (κ1) is 19.9. The molecule has 8 heteroatoms. The summed E-state index contributed by atoms with van der Waals surface area (Å²) in [6, 6.07) is 15.6. The number of primary amides is 1. The molecular formula is C21H21FN4O3. The minimum atomic E-state index is -0.802. The summed E-state index contributed by atoms with van der Waals surface area (Å²) >= 11 is 0. The molecule has 1 amide bonds. The number of amides is 1. The van der Waals surface area contributed by atoms with Gasteiger partial charge in [0.15, 0.2) is 11.6 Å². The second-order valence-electron chi connectivity index (χ2n) is 6.14. The number of hydrogen-bond acceptors (Lipinski definition) is 6. The van der Waals surface area contributed by atoms with Crippen LogP contribution in [-0.2, 0) is 6.54 Å². The molecule has 3 rings (SSSR count). The van der Waals surface area contributed by atoms with E-state index in [9.17, 15) is 9.18 Å². The molecule has 4 N–H and O–H groups in total. The van der Waals surface area contributed by atoms with Gasteiger partial charge in [-0.3, -0.25) is 4.79 Å². The number of nitrogens with one attached hydrogen (secondary N) is 2. The second kappa shape index (κ2) is 8.92. The van der Waals surface area contributed by atoms with E-state index in [2.05, 4.69) is 15.6 Å². The fourth-order valence-electron chi connectivity index (χ4n) is 2.69. The number of nitrogens with two attached hydrogens (primary N) is 1. The summed E-state index contributed by atoms with van der Waals surface area (Å²) in [5, 5.41) is 5.93. The van der Waals surface area contributed by atoms with Crippen LogP contribution in [0.15, 0.2) is 54.6 Å². The summed E-state index contributed by atoms with van der Waals surface area (Å²) in [6.07, 6.45) is 0. The number of methoxy groups -OCH3 is 2. The lowest BCUT2D eigenvalue weighted by Crippen LogP contribution is -2.16. The number of nitrogens with zero attached hydrogens (tertiary/aromatic N) is 1. The minimum Gasteiger partial charge on any atom is -0.497 e. The predicted octanol–water partition coefficient (Wildman–Crippen LogP) is 3.69. The third-order valence-corrected chi connectivity index (χ3v) is 4.16. The van der Waals surface area contributed by atoms with E-state index in [-0.39, 0.29) is 17.2 Å². The number of halogens is 1. The highest BCUT2D eigenvalue weighted by molar-refractivity contribution is 5.98. The van der Waals surface area contributed by atoms with Crippen molar-refractivity contribution in [2.75, 3.05) is 24.9 Å². The summed E-state index contributed by atoms with van der Waals surface area (Å²) in [6.45, 7) is 0.368. The largest absolute Gasteiger partial charge is 0.497 e. The fraction of sp³-hybridized carbons (Fsp3) is 0.143. The molecule has 3 aromatic rings. The zero-order valence-corrected chi connectivity index (χ0v) is 16.0. The zero-order chi connectivity index (χ0) is 20.8. The van der Waals surface area contributed by atoms with Crippen LogP contribution in [0.2, 0.25) is 0 Å². The van der Waals surface area contributed by atoms with Gasteiger partial charge in [0.05, 0.1) is 19.8 Å². The Kier molecular flexibility index (Phi) is 6.13. The highest BCUT2D eigenvalue weighted by Crippen LogP contribution is 2.30. The summed E-state index contributed by atoms with van der Waals surface area (Å²) in [5.41, 5.74) is 6.83. The number of aromatic nitrogens is 1. The predicted molar refractivity (Wildman–Crippen MR) is 109 cm³/mol. The standard InChI is InChI=1S/C21H21FN4O3/c1-28-15-8-14(9-16(10-15)29-2)25-20-17(19(23)27)11-18(22)21(26-20)24-12-13-6-4-3-5-7-13/h3-11H,12H2,1-2H3,(H2,23,27)(H2,24,25,26). The fourth-order valence-corrected chi connectivity index (χ4v) is 2.69. The normalized spacial score (nSPS) is 10.3. The lowest BCUT2D eigenvalue weighted by Gasteiger charge is -2.15. The van der Waals surface area contributed by atoms with Gasteiger partial charge in [-0.1, -0.05) is 30.3 Å². The molecule has 0 saturated carbocycles. The van der Waals surface area contributed by atoms with Gasteiger partial charge in [-0.15, -0.1) is 0 Å². The van der Waals surface area contributed by atoms with Crippen molar-refractivity contribution in [1.29, 1.82) is 0 Å². The van der Waals surface area contributed by atoms with Crippen molar-refractivity contribution in [2.45, 2.75) is 6.54 Å². The van der Waals surface area contributed by atoms with Crippen LogP contribution in [0, 0.1) is 5.82 Å². The van der Waals surface area contributed by atoms with Gasteiger partial charge >= 0.3 is 0 Å². The van der Waals surface area contributed by atoms with E-state index in [0.717, 1.165) is 11.6 Å². The Morgan fingerprint density at radius 3 is 2.28 bits per heavy atom. The van der Waals surface area contributed by atoms with Gasteiger partial charge < -0.3 is 25.8 Å². The number of pyridine rings is 1. The Bertz CT molecular complexity index is 990. The maximum absolute atomic E-state index is 14.5. The van der Waals surface area contributed by atoms with Crippen LogP contribution in [0.4, 0.5) is 21.7 Å². The molecule has 2 aromatic carbocycles. The van der Waals surface area contributed by atoms with Crippen LogP contribution in [0.25, 0.3) is 0 Å². The molecule has 0 aliphatic heterocycles. The van der Waals surface area contributed by atoms with Crippen LogP contribution >= 0.6 is 0 Å². The Morgan fingerprint density at radius 1 is 1.03 bits per heavy atom. The number of carbonyl (C=O) groups excluding carboxylic acids is 1. The molecule has 0 fully saturated rings. The summed E-state index contributed by atoms with van der Waals surface area (Å²) < 4.78 is 24.9. The molecule has 0 spiro atoms. The Morgan fingerprint density at radius 2 is 1.69 bits per heavy atom. The van der Waals surface area contributed by atoms with Gasteiger partial charge in [-0.2, -0.15) is 0 Å². The quantitative estimate of drug-likeness (QED) is 0.537. The Hall–Kier alpha value is -3.81. The highest BCUT2D eigenvalue weighted by Gasteiger charge is 2.17. The van der Waals surface area contributed by atoms with Crippen molar-refractivity contribution < 1.29 is 18.7 Å². The Balaban J connectivity index is 1.93. The molecule has 150 valence electrons. The van der Waals surface area contributed by atoms with Crippen LogP contribution in [0.1, 0.15) is 15.9 Å². The molecule has 0 bridgehead atoms. The molecule has 0 unspecified atom stereocenters. The van der Waals surface area contributed by atoms with Crippen molar-refractivity contribution >= 4 is 23.2 Å². The zero-order valence-electron chi connectivity index (χ0n) is 16.0. The summed E-state index contributed by atoms with van der Waals surface area (Å²) in [4.78, 5) is 16.0. The maximum atomic E-state index is 14.5. The molecule has 1 heterocycles. The van der Waals surface area contributed by atoms with Gasteiger partial charge in [0.1, 0.15) is 17.3 Å². The number of hydrogen-bond donors (Lipinski definition) is 3. The van der Waals surface area contributed by atoms with Crippen molar-refractivity contribution in [3.63, 3.8) is 0 Å². The maximum Gasteiger partial charge on any atom is 0.252 e. The third kappa shape index (κ3) is 4.92. The third-order valence-electron chi connectivity index (χ3n) is 4.16.